The molecule has 0 fully saturated rings. The van der Waals surface area contributed by atoms with Crippen LogP contribution in [0, 0.1) is 0 Å². The van der Waals surface area contributed by atoms with E-state index in [1.807, 2.05) is 31.2 Å². The highest BCUT2D eigenvalue weighted by atomic mass is 16.5. The fourth-order valence-corrected chi connectivity index (χ4v) is 1.63. The van der Waals surface area contributed by atoms with Crippen molar-refractivity contribution in [2.24, 2.45) is 0 Å². The van der Waals surface area contributed by atoms with Gasteiger partial charge in [0.05, 0.1) is 12.3 Å². The summed E-state index contributed by atoms with van der Waals surface area (Å²) in [6.07, 6.45) is 0.931. The molecule has 1 aromatic carbocycles. The Balaban J connectivity index is 3.02. The van der Waals surface area contributed by atoms with E-state index in [2.05, 4.69) is 6.92 Å². The van der Waals surface area contributed by atoms with Crippen molar-refractivity contribution in [3.63, 3.8) is 0 Å². The number of hydrogen-bond acceptors (Lipinski definition) is 2. The molecule has 1 amide bonds. The van der Waals surface area contributed by atoms with E-state index in [0.29, 0.717) is 6.61 Å². The number of amides is 1. The minimum absolute atomic E-state index is 0.0500. The number of ether oxygens (including phenoxy) is 1. The van der Waals surface area contributed by atoms with Crippen LogP contribution in [0.3, 0.4) is 0 Å². The van der Waals surface area contributed by atoms with Crippen molar-refractivity contribution in [3.05, 3.63) is 24.3 Å². The Morgan fingerprint density at radius 3 is 2.56 bits per heavy atom. The van der Waals surface area contributed by atoms with E-state index in [9.17, 15) is 4.79 Å². The lowest BCUT2D eigenvalue weighted by atomic mass is 10.2. The molecule has 16 heavy (non-hydrogen) atoms. The topological polar surface area (TPSA) is 29.5 Å². The highest BCUT2D eigenvalue weighted by molar-refractivity contribution is 5.93. The summed E-state index contributed by atoms with van der Waals surface area (Å²) in [4.78, 5) is 13.3. The number of benzene rings is 1. The second-order valence-corrected chi connectivity index (χ2v) is 3.57. The third kappa shape index (κ3) is 2.99. The van der Waals surface area contributed by atoms with Gasteiger partial charge in [-0.1, -0.05) is 19.1 Å². The highest BCUT2D eigenvalue weighted by Crippen LogP contribution is 2.28. The first-order chi connectivity index (χ1) is 7.70. The molecule has 0 bridgehead atoms. The summed E-state index contributed by atoms with van der Waals surface area (Å²) in [6, 6.07) is 7.65. The first kappa shape index (κ1) is 12.6. The SMILES string of the molecule is CCCN(C(C)=O)c1ccccc1OCC. The summed E-state index contributed by atoms with van der Waals surface area (Å²) < 4.78 is 5.52. The second kappa shape index (κ2) is 6.16. The van der Waals surface area contributed by atoms with Gasteiger partial charge in [-0.15, -0.1) is 0 Å². The van der Waals surface area contributed by atoms with E-state index in [4.69, 9.17) is 4.74 Å². The molecule has 0 unspecified atom stereocenters. The van der Waals surface area contributed by atoms with Crippen LogP contribution in [0.2, 0.25) is 0 Å². The molecule has 3 heteroatoms. The minimum atomic E-state index is 0.0500. The molecular formula is C13H19NO2. The summed E-state index contributed by atoms with van der Waals surface area (Å²) >= 11 is 0. The normalized spacial score (nSPS) is 9.94. The first-order valence-electron chi connectivity index (χ1n) is 5.70. The van der Waals surface area contributed by atoms with E-state index in [0.717, 1.165) is 24.4 Å². The number of anilines is 1. The molecule has 1 rings (SSSR count). The van der Waals surface area contributed by atoms with Crippen LogP contribution in [0.15, 0.2) is 24.3 Å². The zero-order chi connectivity index (χ0) is 12.0. The predicted octanol–water partition coefficient (Wildman–Crippen LogP) is 2.85. The smallest absolute Gasteiger partial charge is 0.223 e. The molecule has 0 saturated carbocycles. The minimum Gasteiger partial charge on any atom is -0.492 e. The van der Waals surface area contributed by atoms with Gasteiger partial charge in [0.2, 0.25) is 5.91 Å². The number of para-hydroxylation sites is 2. The molecular weight excluding hydrogens is 202 g/mol. The van der Waals surface area contributed by atoms with Crippen molar-refractivity contribution in [1.29, 1.82) is 0 Å². The number of carbonyl (C=O) groups excluding carboxylic acids is 1. The Hall–Kier alpha value is -1.51. The van der Waals surface area contributed by atoms with Gasteiger partial charge in [0, 0.05) is 13.5 Å². The predicted molar refractivity (Wildman–Crippen MR) is 65.9 cm³/mol. The van der Waals surface area contributed by atoms with Crippen LogP contribution in [0.1, 0.15) is 27.2 Å². The van der Waals surface area contributed by atoms with Gasteiger partial charge < -0.3 is 9.64 Å². The number of hydrogen-bond donors (Lipinski definition) is 0. The Morgan fingerprint density at radius 2 is 2.00 bits per heavy atom. The molecule has 0 saturated heterocycles. The molecule has 0 aliphatic heterocycles. The number of rotatable bonds is 5. The molecule has 0 N–H and O–H groups in total. The summed E-state index contributed by atoms with van der Waals surface area (Å²) in [5.41, 5.74) is 0.860. The third-order valence-corrected chi connectivity index (χ3v) is 2.28. The van der Waals surface area contributed by atoms with Crippen molar-refractivity contribution in [1.82, 2.24) is 0 Å². The van der Waals surface area contributed by atoms with Gasteiger partial charge in [-0.25, -0.2) is 0 Å². The van der Waals surface area contributed by atoms with Crippen molar-refractivity contribution in [3.8, 4) is 5.75 Å². The maximum absolute atomic E-state index is 11.6. The number of nitrogens with zero attached hydrogens (tertiary/aromatic N) is 1. The first-order valence-corrected chi connectivity index (χ1v) is 5.70. The number of carbonyl (C=O) groups is 1. The standard InChI is InChI=1S/C13H19NO2/c1-4-10-14(11(3)15)12-8-6-7-9-13(12)16-5-2/h6-9H,4-5,10H2,1-3H3. The van der Waals surface area contributed by atoms with Crippen molar-refractivity contribution in [2.45, 2.75) is 27.2 Å². The molecule has 0 aliphatic rings. The highest BCUT2D eigenvalue weighted by Gasteiger charge is 2.14. The van der Waals surface area contributed by atoms with Crippen LogP contribution in [0.25, 0.3) is 0 Å². The molecule has 0 aromatic heterocycles. The van der Waals surface area contributed by atoms with E-state index in [-0.39, 0.29) is 5.91 Å². The van der Waals surface area contributed by atoms with Crippen LogP contribution in [0.5, 0.6) is 5.75 Å². The Morgan fingerprint density at radius 1 is 1.31 bits per heavy atom. The van der Waals surface area contributed by atoms with Crippen molar-refractivity contribution in [2.75, 3.05) is 18.1 Å². The van der Waals surface area contributed by atoms with Crippen molar-refractivity contribution < 1.29 is 9.53 Å². The molecule has 0 aliphatic carbocycles. The van der Waals surface area contributed by atoms with Crippen LogP contribution in [-0.4, -0.2) is 19.1 Å². The third-order valence-electron chi connectivity index (χ3n) is 2.28. The van der Waals surface area contributed by atoms with Gasteiger partial charge in [0.1, 0.15) is 5.75 Å². The molecule has 0 atom stereocenters. The Bertz CT molecular complexity index is 350. The van der Waals surface area contributed by atoms with E-state index in [1.165, 1.54) is 0 Å². The van der Waals surface area contributed by atoms with E-state index < -0.39 is 0 Å². The lowest BCUT2D eigenvalue weighted by molar-refractivity contribution is -0.116. The van der Waals surface area contributed by atoms with Gasteiger partial charge in [-0.3, -0.25) is 4.79 Å². The van der Waals surface area contributed by atoms with Crippen LogP contribution >= 0.6 is 0 Å². The molecule has 88 valence electrons. The van der Waals surface area contributed by atoms with Gasteiger partial charge in [0.25, 0.3) is 0 Å². The van der Waals surface area contributed by atoms with Crippen LogP contribution in [0.4, 0.5) is 5.69 Å². The summed E-state index contributed by atoms with van der Waals surface area (Å²) in [5, 5.41) is 0. The average Bonchev–Trinajstić information content (AvgIpc) is 2.27. The van der Waals surface area contributed by atoms with E-state index in [1.54, 1.807) is 11.8 Å². The monoisotopic (exact) mass is 221 g/mol. The quantitative estimate of drug-likeness (QED) is 0.765. The van der Waals surface area contributed by atoms with E-state index >= 15 is 0 Å². The van der Waals surface area contributed by atoms with Crippen LogP contribution < -0.4 is 9.64 Å². The lowest BCUT2D eigenvalue weighted by Gasteiger charge is -2.22. The van der Waals surface area contributed by atoms with Crippen molar-refractivity contribution >= 4 is 11.6 Å². The second-order valence-electron chi connectivity index (χ2n) is 3.57. The fraction of sp³-hybridized carbons (Fsp3) is 0.462. The van der Waals surface area contributed by atoms with Gasteiger partial charge in [-0.2, -0.15) is 0 Å². The van der Waals surface area contributed by atoms with Gasteiger partial charge >= 0.3 is 0 Å². The summed E-state index contributed by atoms with van der Waals surface area (Å²) in [7, 11) is 0. The molecule has 3 nitrogen and oxygen atoms in total. The summed E-state index contributed by atoms with van der Waals surface area (Å²) in [5.74, 6) is 0.822. The lowest BCUT2D eigenvalue weighted by Crippen LogP contribution is -2.29. The average molecular weight is 221 g/mol. The zero-order valence-corrected chi connectivity index (χ0v) is 10.2. The zero-order valence-electron chi connectivity index (χ0n) is 10.2. The molecule has 1 aromatic rings. The fourth-order valence-electron chi connectivity index (χ4n) is 1.63. The Kier molecular flexibility index (Phi) is 4.83. The largest absolute Gasteiger partial charge is 0.492 e. The maximum atomic E-state index is 11.6. The summed E-state index contributed by atoms with van der Waals surface area (Å²) in [6.45, 7) is 6.90. The van der Waals surface area contributed by atoms with Gasteiger partial charge in [-0.05, 0) is 25.5 Å². The molecule has 0 heterocycles. The Labute approximate surface area is 97.0 Å². The van der Waals surface area contributed by atoms with Gasteiger partial charge in [0.15, 0.2) is 0 Å². The maximum Gasteiger partial charge on any atom is 0.223 e. The van der Waals surface area contributed by atoms with Crippen LogP contribution in [-0.2, 0) is 4.79 Å². The molecule has 0 spiro atoms. The molecule has 0 radical (unpaired) electrons.